The van der Waals surface area contributed by atoms with Crippen LogP contribution < -0.4 is 0 Å². The van der Waals surface area contributed by atoms with Gasteiger partial charge in [0.2, 0.25) is 0 Å². The standard InChI is InChI=1S/C10H7BrClN3O2/c1-17-10(16)8(14-15-13)5-6-3-2-4-7(12)9(6)11/h2-5H,1H3. The molecule has 0 aromatic heterocycles. The van der Waals surface area contributed by atoms with E-state index in [-0.39, 0.29) is 5.70 Å². The zero-order chi connectivity index (χ0) is 12.8. The van der Waals surface area contributed by atoms with E-state index in [0.29, 0.717) is 15.1 Å². The van der Waals surface area contributed by atoms with E-state index in [9.17, 15) is 4.79 Å². The maximum absolute atomic E-state index is 11.3. The third kappa shape index (κ3) is 3.49. The lowest BCUT2D eigenvalue weighted by molar-refractivity contribution is -0.136. The Hall–Kier alpha value is -1.49. The lowest BCUT2D eigenvalue weighted by Crippen LogP contribution is -2.02. The van der Waals surface area contributed by atoms with E-state index in [0.717, 1.165) is 0 Å². The van der Waals surface area contributed by atoms with Crippen molar-refractivity contribution in [2.24, 2.45) is 5.11 Å². The molecule has 88 valence electrons. The van der Waals surface area contributed by atoms with Crippen LogP contribution in [0.2, 0.25) is 5.02 Å². The number of azide groups is 1. The molecule has 0 saturated heterocycles. The van der Waals surface area contributed by atoms with Crippen molar-refractivity contribution in [1.29, 1.82) is 0 Å². The smallest absolute Gasteiger partial charge is 0.340 e. The lowest BCUT2D eigenvalue weighted by atomic mass is 10.2. The minimum absolute atomic E-state index is 0.141. The van der Waals surface area contributed by atoms with Gasteiger partial charge in [-0.05, 0) is 39.2 Å². The molecule has 0 fully saturated rings. The second-order valence-electron chi connectivity index (χ2n) is 2.85. The summed E-state index contributed by atoms with van der Waals surface area (Å²) in [5.41, 5.74) is 8.83. The highest BCUT2D eigenvalue weighted by atomic mass is 79.9. The summed E-state index contributed by atoms with van der Waals surface area (Å²) in [6, 6.07) is 5.12. The molecule has 7 heteroatoms. The molecule has 0 heterocycles. The Morgan fingerprint density at radius 1 is 1.65 bits per heavy atom. The number of ether oxygens (including phenoxy) is 1. The SMILES string of the molecule is COC(=O)C(=Cc1cccc(Cl)c1Br)N=[N+]=[N-]. The number of carbonyl (C=O) groups is 1. The topological polar surface area (TPSA) is 75.1 Å². The first kappa shape index (κ1) is 13.6. The van der Waals surface area contributed by atoms with Gasteiger partial charge < -0.3 is 4.74 Å². The van der Waals surface area contributed by atoms with Gasteiger partial charge >= 0.3 is 5.97 Å². The van der Waals surface area contributed by atoms with Crippen LogP contribution in [-0.2, 0) is 9.53 Å². The highest BCUT2D eigenvalue weighted by Crippen LogP contribution is 2.28. The first-order chi connectivity index (χ1) is 8.10. The van der Waals surface area contributed by atoms with Crippen LogP contribution in [0.25, 0.3) is 16.5 Å². The number of carbonyl (C=O) groups excluding carboxylic acids is 1. The van der Waals surface area contributed by atoms with Crippen molar-refractivity contribution in [2.45, 2.75) is 0 Å². The monoisotopic (exact) mass is 315 g/mol. The summed E-state index contributed by atoms with van der Waals surface area (Å²) in [7, 11) is 1.20. The summed E-state index contributed by atoms with van der Waals surface area (Å²) in [6.07, 6.45) is 1.39. The van der Waals surface area contributed by atoms with Crippen molar-refractivity contribution in [3.8, 4) is 0 Å². The zero-order valence-corrected chi connectivity index (χ0v) is 11.1. The molecular weight excluding hydrogens is 309 g/mol. The number of benzene rings is 1. The molecule has 0 N–H and O–H groups in total. The predicted octanol–water partition coefficient (Wildman–Crippen LogP) is 3.93. The molecule has 1 aromatic rings. The average Bonchev–Trinajstić information content (AvgIpc) is 2.33. The maximum Gasteiger partial charge on any atom is 0.340 e. The van der Waals surface area contributed by atoms with Gasteiger partial charge in [0, 0.05) is 9.38 Å². The fraction of sp³-hybridized carbons (Fsp3) is 0.100. The number of hydrogen-bond acceptors (Lipinski definition) is 3. The van der Waals surface area contributed by atoms with Gasteiger partial charge in [0.1, 0.15) is 5.70 Å². The van der Waals surface area contributed by atoms with Gasteiger partial charge in [-0.25, -0.2) is 4.79 Å². The summed E-state index contributed by atoms with van der Waals surface area (Å²) >= 11 is 9.16. The summed E-state index contributed by atoms with van der Waals surface area (Å²) in [6.45, 7) is 0. The van der Waals surface area contributed by atoms with Gasteiger partial charge in [-0.3, -0.25) is 0 Å². The summed E-state index contributed by atoms with van der Waals surface area (Å²) < 4.78 is 5.09. The van der Waals surface area contributed by atoms with Crippen molar-refractivity contribution in [3.05, 3.63) is 49.4 Å². The summed E-state index contributed by atoms with van der Waals surface area (Å²) in [4.78, 5) is 13.9. The van der Waals surface area contributed by atoms with Crippen LogP contribution in [0.15, 0.2) is 33.5 Å². The van der Waals surface area contributed by atoms with Crippen LogP contribution in [0.1, 0.15) is 5.56 Å². The van der Waals surface area contributed by atoms with Crippen molar-refractivity contribution in [3.63, 3.8) is 0 Å². The second kappa shape index (κ2) is 6.30. The minimum Gasteiger partial charge on any atom is -0.466 e. The van der Waals surface area contributed by atoms with Gasteiger partial charge in [0.15, 0.2) is 0 Å². The van der Waals surface area contributed by atoms with E-state index < -0.39 is 5.97 Å². The number of rotatable bonds is 3. The van der Waals surface area contributed by atoms with Gasteiger partial charge in [-0.15, -0.1) is 0 Å². The van der Waals surface area contributed by atoms with Gasteiger partial charge in [-0.1, -0.05) is 28.8 Å². The molecule has 0 radical (unpaired) electrons. The lowest BCUT2D eigenvalue weighted by Gasteiger charge is -2.02. The molecule has 0 saturated carbocycles. The number of methoxy groups -OCH3 is 1. The number of halogens is 2. The van der Waals surface area contributed by atoms with Crippen molar-refractivity contribution >= 4 is 39.6 Å². The molecule has 0 bridgehead atoms. The van der Waals surface area contributed by atoms with E-state index in [2.05, 4.69) is 30.7 Å². The zero-order valence-electron chi connectivity index (χ0n) is 8.72. The highest BCUT2D eigenvalue weighted by molar-refractivity contribution is 9.10. The van der Waals surface area contributed by atoms with Crippen LogP contribution >= 0.6 is 27.5 Å². The van der Waals surface area contributed by atoms with E-state index in [1.807, 2.05) is 0 Å². The Morgan fingerprint density at radius 2 is 2.35 bits per heavy atom. The number of hydrogen-bond donors (Lipinski definition) is 0. The van der Waals surface area contributed by atoms with E-state index in [1.165, 1.54) is 13.2 Å². The Balaban J connectivity index is 3.26. The molecular formula is C10H7BrClN3O2. The minimum atomic E-state index is -0.713. The molecule has 0 aliphatic rings. The van der Waals surface area contributed by atoms with Crippen LogP contribution in [0.4, 0.5) is 0 Å². The normalized spacial score (nSPS) is 10.6. The Kier molecular flexibility index (Phi) is 5.03. The van der Waals surface area contributed by atoms with Crippen LogP contribution in [0.5, 0.6) is 0 Å². The van der Waals surface area contributed by atoms with Gasteiger partial charge in [0.05, 0.1) is 12.1 Å². The van der Waals surface area contributed by atoms with Crippen molar-refractivity contribution in [1.82, 2.24) is 0 Å². The molecule has 0 aliphatic carbocycles. The third-order valence-corrected chi connectivity index (χ3v) is 3.25. The van der Waals surface area contributed by atoms with Crippen LogP contribution in [-0.4, -0.2) is 13.1 Å². The van der Waals surface area contributed by atoms with E-state index in [4.69, 9.17) is 17.1 Å². The molecule has 5 nitrogen and oxygen atoms in total. The Bertz CT molecular complexity index is 524. The van der Waals surface area contributed by atoms with Crippen molar-refractivity contribution in [2.75, 3.05) is 7.11 Å². The molecule has 0 spiro atoms. The fourth-order valence-corrected chi connectivity index (χ4v) is 1.62. The Labute approximate surface area is 111 Å². The average molecular weight is 317 g/mol. The molecule has 17 heavy (non-hydrogen) atoms. The molecule has 1 rings (SSSR count). The quantitative estimate of drug-likeness (QED) is 0.278. The van der Waals surface area contributed by atoms with Gasteiger partial charge in [-0.2, -0.15) is 0 Å². The molecule has 1 aromatic carbocycles. The first-order valence-electron chi connectivity index (χ1n) is 4.39. The maximum atomic E-state index is 11.3. The number of esters is 1. The fourth-order valence-electron chi connectivity index (χ4n) is 1.06. The molecule has 0 aliphatic heterocycles. The summed E-state index contributed by atoms with van der Waals surface area (Å²) in [5, 5.41) is 3.75. The van der Waals surface area contributed by atoms with Gasteiger partial charge in [0.25, 0.3) is 0 Å². The van der Waals surface area contributed by atoms with Crippen LogP contribution in [0, 0.1) is 0 Å². The van der Waals surface area contributed by atoms with E-state index in [1.54, 1.807) is 18.2 Å². The molecule has 0 unspecified atom stereocenters. The van der Waals surface area contributed by atoms with Crippen LogP contribution in [0.3, 0.4) is 0 Å². The third-order valence-electron chi connectivity index (χ3n) is 1.82. The molecule has 0 atom stereocenters. The molecule has 0 amide bonds. The second-order valence-corrected chi connectivity index (χ2v) is 4.05. The largest absolute Gasteiger partial charge is 0.466 e. The first-order valence-corrected chi connectivity index (χ1v) is 5.56. The van der Waals surface area contributed by atoms with Crippen molar-refractivity contribution < 1.29 is 9.53 Å². The predicted molar refractivity (Wildman–Crippen MR) is 68.3 cm³/mol. The highest BCUT2D eigenvalue weighted by Gasteiger charge is 2.09. The Morgan fingerprint density at radius 3 is 2.94 bits per heavy atom. The van der Waals surface area contributed by atoms with E-state index >= 15 is 0 Å². The number of nitrogens with zero attached hydrogens (tertiary/aromatic N) is 3. The summed E-state index contributed by atoms with van der Waals surface area (Å²) in [5.74, 6) is -0.713.